The molecule has 2 aromatic heterocycles. The molecule has 2 aromatic rings. The minimum atomic E-state index is 0. The second-order valence-electron chi connectivity index (χ2n) is 5.44. The molecule has 2 rings (SSSR count). The summed E-state index contributed by atoms with van der Waals surface area (Å²) in [7, 11) is 1.77. The number of aryl methyl sites for hydroxylation is 2. The van der Waals surface area contributed by atoms with Crippen molar-refractivity contribution in [2.45, 2.75) is 33.7 Å². The second kappa shape index (κ2) is 9.92. The fourth-order valence-electron chi connectivity index (χ4n) is 2.11. The molecule has 0 aliphatic carbocycles. The van der Waals surface area contributed by atoms with E-state index < -0.39 is 0 Å². The van der Waals surface area contributed by atoms with E-state index in [0.29, 0.717) is 18.4 Å². The van der Waals surface area contributed by atoms with Gasteiger partial charge in [0, 0.05) is 18.5 Å². The highest BCUT2D eigenvalue weighted by Crippen LogP contribution is 2.13. The van der Waals surface area contributed by atoms with Crippen molar-refractivity contribution >= 4 is 41.3 Å². The molecule has 0 radical (unpaired) electrons. The van der Waals surface area contributed by atoms with E-state index in [4.69, 9.17) is 4.42 Å². The van der Waals surface area contributed by atoms with Crippen molar-refractivity contribution in [3.05, 3.63) is 39.7 Å². The van der Waals surface area contributed by atoms with E-state index in [1.54, 1.807) is 7.05 Å². The van der Waals surface area contributed by atoms with E-state index >= 15 is 0 Å². The molecule has 0 bridgehead atoms. The van der Waals surface area contributed by atoms with Gasteiger partial charge < -0.3 is 15.1 Å². The Morgan fingerprint density at radius 3 is 2.74 bits per heavy atom. The van der Waals surface area contributed by atoms with Crippen molar-refractivity contribution in [3.8, 4) is 0 Å². The van der Waals surface area contributed by atoms with Crippen LogP contribution in [0.4, 0.5) is 0 Å². The molecular weight excluding hydrogens is 423 g/mol. The Morgan fingerprint density at radius 1 is 1.39 bits per heavy atom. The molecule has 5 nitrogen and oxygen atoms in total. The molecule has 0 amide bonds. The SMILES string of the molecule is CN=C(NCc1nc(C)c(C)o1)NCC(C)Cc1cccs1.I. The predicted octanol–water partition coefficient (Wildman–Crippen LogP) is 3.51. The van der Waals surface area contributed by atoms with Crippen molar-refractivity contribution in [1.29, 1.82) is 0 Å². The molecule has 0 aromatic carbocycles. The average molecular weight is 448 g/mol. The zero-order valence-corrected chi connectivity index (χ0v) is 17.2. The number of oxazole rings is 1. The van der Waals surface area contributed by atoms with Gasteiger partial charge in [0.05, 0.1) is 12.2 Å². The van der Waals surface area contributed by atoms with Gasteiger partial charge in [0.2, 0.25) is 5.89 Å². The lowest BCUT2D eigenvalue weighted by Crippen LogP contribution is -2.39. The van der Waals surface area contributed by atoms with Gasteiger partial charge in [-0.25, -0.2) is 4.98 Å². The maximum atomic E-state index is 5.55. The maximum Gasteiger partial charge on any atom is 0.214 e. The highest BCUT2D eigenvalue weighted by atomic mass is 127. The zero-order valence-electron chi connectivity index (χ0n) is 14.0. The van der Waals surface area contributed by atoms with Gasteiger partial charge >= 0.3 is 0 Å². The lowest BCUT2D eigenvalue weighted by atomic mass is 10.1. The highest BCUT2D eigenvalue weighted by molar-refractivity contribution is 14.0. The van der Waals surface area contributed by atoms with Crippen molar-refractivity contribution < 1.29 is 4.42 Å². The number of hydrogen-bond acceptors (Lipinski definition) is 4. The number of halogens is 1. The van der Waals surface area contributed by atoms with Crippen LogP contribution < -0.4 is 10.6 Å². The highest BCUT2D eigenvalue weighted by Gasteiger charge is 2.08. The molecule has 0 saturated heterocycles. The standard InChI is InChI=1S/C16H24N4OS.HI/c1-11(8-14-6-5-7-22-14)9-18-16(17-4)19-10-15-20-12(2)13(3)21-15;/h5-7,11H,8-10H2,1-4H3,(H2,17,18,19);1H. The first-order chi connectivity index (χ1) is 10.6. The van der Waals surface area contributed by atoms with E-state index in [1.165, 1.54) is 4.88 Å². The van der Waals surface area contributed by atoms with Gasteiger partial charge in [-0.2, -0.15) is 0 Å². The molecule has 0 fully saturated rings. The molecule has 1 atom stereocenters. The Kier molecular flexibility index (Phi) is 8.60. The van der Waals surface area contributed by atoms with Gasteiger partial charge in [-0.1, -0.05) is 13.0 Å². The van der Waals surface area contributed by atoms with Gasteiger partial charge in [-0.3, -0.25) is 4.99 Å². The van der Waals surface area contributed by atoms with Gasteiger partial charge in [0.1, 0.15) is 5.76 Å². The van der Waals surface area contributed by atoms with Crippen molar-refractivity contribution in [3.63, 3.8) is 0 Å². The summed E-state index contributed by atoms with van der Waals surface area (Å²) >= 11 is 1.81. The smallest absolute Gasteiger partial charge is 0.214 e. The van der Waals surface area contributed by atoms with E-state index in [2.05, 4.69) is 45.0 Å². The molecule has 2 heterocycles. The second-order valence-corrected chi connectivity index (χ2v) is 6.48. The lowest BCUT2D eigenvalue weighted by molar-refractivity contribution is 0.463. The quantitative estimate of drug-likeness (QED) is 0.404. The fraction of sp³-hybridized carbons (Fsp3) is 0.500. The Balaban J connectivity index is 0.00000264. The summed E-state index contributed by atoms with van der Waals surface area (Å²) in [6, 6.07) is 4.28. The molecule has 23 heavy (non-hydrogen) atoms. The van der Waals surface area contributed by atoms with Crippen LogP contribution in [-0.2, 0) is 13.0 Å². The van der Waals surface area contributed by atoms with Crippen LogP contribution in [0.5, 0.6) is 0 Å². The predicted molar refractivity (Wildman–Crippen MR) is 107 cm³/mol. The van der Waals surface area contributed by atoms with Gasteiger partial charge in [-0.15, -0.1) is 35.3 Å². The molecule has 0 spiro atoms. The Hall–Kier alpha value is -1.09. The Bertz CT molecular complexity index is 590. The summed E-state index contributed by atoms with van der Waals surface area (Å²) in [5.74, 6) is 2.86. The van der Waals surface area contributed by atoms with Gasteiger partial charge in [0.15, 0.2) is 5.96 Å². The van der Waals surface area contributed by atoms with Crippen LogP contribution in [0.3, 0.4) is 0 Å². The van der Waals surface area contributed by atoms with Crippen LogP contribution in [0.1, 0.15) is 29.1 Å². The summed E-state index contributed by atoms with van der Waals surface area (Å²) in [4.78, 5) is 10.00. The first kappa shape index (κ1) is 20.0. The first-order valence-electron chi connectivity index (χ1n) is 7.48. The number of aliphatic imine (C=N–C) groups is 1. The number of thiophene rings is 1. The summed E-state index contributed by atoms with van der Waals surface area (Å²) < 4.78 is 5.55. The van der Waals surface area contributed by atoms with Crippen molar-refractivity contribution in [2.24, 2.45) is 10.9 Å². The molecule has 7 heteroatoms. The number of guanidine groups is 1. The van der Waals surface area contributed by atoms with Crippen molar-refractivity contribution in [1.82, 2.24) is 15.6 Å². The fourth-order valence-corrected chi connectivity index (χ4v) is 2.98. The molecular formula is C16H25IN4OS. The number of aromatic nitrogens is 1. The minimum absolute atomic E-state index is 0. The summed E-state index contributed by atoms with van der Waals surface area (Å²) in [6.07, 6.45) is 1.08. The van der Waals surface area contributed by atoms with Gasteiger partial charge in [-0.05, 0) is 37.6 Å². The number of nitrogens with zero attached hydrogens (tertiary/aromatic N) is 2. The van der Waals surface area contributed by atoms with Crippen LogP contribution in [0.25, 0.3) is 0 Å². The summed E-state index contributed by atoms with van der Waals surface area (Å²) in [6.45, 7) is 7.52. The van der Waals surface area contributed by atoms with Gasteiger partial charge in [0.25, 0.3) is 0 Å². The van der Waals surface area contributed by atoms with Crippen LogP contribution in [0, 0.1) is 19.8 Å². The topological polar surface area (TPSA) is 62.5 Å². The maximum absolute atomic E-state index is 5.55. The third-order valence-electron chi connectivity index (χ3n) is 3.45. The normalized spacial score (nSPS) is 12.6. The van der Waals surface area contributed by atoms with E-state index in [-0.39, 0.29) is 24.0 Å². The Labute approximate surface area is 159 Å². The first-order valence-corrected chi connectivity index (χ1v) is 8.36. The van der Waals surface area contributed by atoms with Crippen LogP contribution in [0.2, 0.25) is 0 Å². The largest absolute Gasteiger partial charge is 0.444 e. The minimum Gasteiger partial charge on any atom is -0.444 e. The number of nitrogens with one attached hydrogen (secondary N) is 2. The molecule has 0 aliphatic heterocycles. The van der Waals surface area contributed by atoms with E-state index in [9.17, 15) is 0 Å². The Morgan fingerprint density at radius 2 is 2.17 bits per heavy atom. The number of rotatable bonds is 6. The molecule has 2 N–H and O–H groups in total. The monoisotopic (exact) mass is 448 g/mol. The average Bonchev–Trinajstić information content (AvgIpc) is 3.10. The zero-order chi connectivity index (χ0) is 15.9. The summed E-state index contributed by atoms with van der Waals surface area (Å²) in [5, 5.41) is 8.69. The van der Waals surface area contributed by atoms with Crippen LogP contribution >= 0.6 is 35.3 Å². The molecule has 0 aliphatic rings. The van der Waals surface area contributed by atoms with E-state index in [0.717, 1.165) is 30.4 Å². The van der Waals surface area contributed by atoms with Crippen LogP contribution in [0.15, 0.2) is 26.9 Å². The number of hydrogen-bond donors (Lipinski definition) is 2. The third kappa shape index (κ3) is 6.50. The van der Waals surface area contributed by atoms with Crippen molar-refractivity contribution in [2.75, 3.05) is 13.6 Å². The summed E-state index contributed by atoms with van der Waals surface area (Å²) in [5.41, 5.74) is 0.935. The lowest BCUT2D eigenvalue weighted by Gasteiger charge is -2.15. The van der Waals surface area contributed by atoms with Crippen LogP contribution in [-0.4, -0.2) is 24.5 Å². The molecule has 128 valence electrons. The molecule has 0 saturated carbocycles. The molecule has 1 unspecified atom stereocenters. The third-order valence-corrected chi connectivity index (χ3v) is 4.35. The van der Waals surface area contributed by atoms with E-state index in [1.807, 2.05) is 25.2 Å².